The van der Waals surface area contributed by atoms with E-state index in [0.717, 1.165) is 6.04 Å². The Hall–Kier alpha value is -3.04. The molecule has 17 heteroatoms. The minimum Gasteiger partial charge on any atom is -0.444 e. The molecule has 1 aliphatic carbocycles. The predicted molar refractivity (Wildman–Crippen MR) is 181 cm³/mol. The molecule has 5 rings (SSSR count). The lowest BCUT2D eigenvalue weighted by atomic mass is 9.88. The lowest BCUT2D eigenvalue weighted by Crippen LogP contribution is -2.42. The third-order valence-corrected chi connectivity index (χ3v) is 13.0. The maximum absolute atomic E-state index is 14.6. The number of amides is 1. The first-order valence-corrected chi connectivity index (χ1v) is 21.9. The first-order valence-electron chi connectivity index (χ1n) is 15.9. The van der Waals surface area contributed by atoms with Gasteiger partial charge in [0.05, 0.1) is 23.3 Å². The van der Waals surface area contributed by atoms with Gasteiger partial charge in [0.25, 0.3) is 16.4 Å². The third-order valence-electron chi connectivity index (χ3n) is 8.52. The summed E-state index contributed by atoms with van der Waals surface area (Å²) in [4.78, 5) is 18.1. The molecule has 2 aliphatic rings. The number of hydrogen-bond donors (Lipinski definition) is 0. The molecule has 1 aromatic carbocycles. The molecule has 0 unspecified atom stereocenters. The Morgan fingerprint density at radius 3 is 2.42 bits per heavy atom. The van der Waals surface area contributed by atoms with E-state index >= 15 is 0 Å². The highest BCUT2D eigenvalue weighted by atomic mass is 32.2. The summed E-state index contributed by atoms with van der Waals surface area (Å²) in [6.07, 6.45) is -1.37. The Morgan fingerprint density at radius 1 is 1.21 bits per heavy atom. The monoisotopic (exact) mass is 723 g/mol. The first-order chi connectivity index (χ1) is 22.3. The fourth-order valence-corrected chi connectivity index (χ4v) is 8.89. The van der Waals surface area contributed by atoms with E-state index in [9.17, 15) is 22.0 Å². The number of sulfonamides is 1. The number of hydrogen-bond acceptors (Lipinski definition) is 9. The fraction of sp³-hybridized carbons (Fsp3) is 0.645. The Morgan fingerprint density at radius 2 is 1.88 bits per heavy atom. The summed E-state index contributed by atoms with van der Waals surface area (Å²) in [5, 5.41) is 12.3. The Balaban J connectivity index is 1.58. The summed E-state index contributed by atoms with van der Waals surface area (Å²) < 4.78 is 70.3. The molecule has 0 N–H and O–H groups in total. The van der Waals surface area contributed by atoms with Crippen LogP contribution in [-0.4, -0.2) is 89.5 Å². The number of halogens is 2. The SMILES string of the molecule is [C-]#[N+]C1(N(COCC[Si](C)(C)C)S(=O)(=O)c2cc(C3CCN(C(=O)OC(C)(C)C)CC3)c3c(c2)c(-c2nnc(C(F)F)s2)nn3C)CC1. The molecule has 48 heavy (non-hydrogen) atoms. The minimum atomic E-state index is -4.29. The second kappa shape index (κ2) is 13.3. The number of benzene rings is 1. The topological polar surface area (TPSA) is 124 Å². The van der Waals surface area contributed by atoms with Gasteiger partial charge in [-0.25, -0.2) is 28.6 Å². The number of aromatic nitrogens is 4. The van der Waals surface area contributed by atoms with Crippen molar-refractivity contribution in [3.63, 3.8) is 0 Å². The number of nitrogens with zero attached hydrogens (tertiary/aromatic N) is 7. The second-order valence-electron chi connectivity index (χ2n) is 14.7. The molecule has 0 bridgehead atoms. The van der Waals surface area contributed by atoms with Gasteiger partial charge in [0.15, 0.2) is 10.0 Å². The normalized spacial score (nSPS) is 17.3. The molecule has 0 radical (unpaired) electrons. The average molecular weight is 724 g/mol. The van der Waals surface area contributed by atoms with E-state index in [-0.39, 0.29) is 28.2 Å². The average Bonchev–Trinajstić information content (AvgIpc) is 3.48. The van der Waals surface area contributed by atoms with Gasteiger partial charge in [-0.2, -0.15) is 5.10 Å². The molecule has 1 aliphatic heterocycles. The summed E-state index contributed by atoms with van der Waals surface area (Å²) in [5.74, 6) is -0.159. The summed E-state index contributed by atoms with van der Waals surface area (Å²) in [6.45, 7) is 20.8. The van der Waals surface area contributed by atoms with Gasteiger partial charge in [-0.1, -0.05) is 35.3 Å². The van der Waals surface area contributed by atoms with Gasteiger partial charge in [-0.05, 0) is 63.3 Å². The molecule has 1 saturated carbocycles. The van der Waals surface area contributed by atoms with E-state index in [2.05, 4.69) is 39.8 Å². The van der Waals surface area contributed by atoms with Crippen molar-refractivity contribution < 1.29 is 31.5 Å². The molecule has 1 saturated heterocycles. The number of ether oxygens (including phenoxy) is 2. The van der Waals surface area contributed by atoms with E-state index in [1.54, 1.807) is 22.7 Å². The van der Waals surface area contributed by atoms with Crippen molar-refractivity contribution in [2.45, 2.75) is 101 Å². The molecule has 0 spiro atoms. The zero-order chi connectivity index (χ0) is 35.2. The number of carbonyl (C=O) groups excluding carboxylic acids is 1. The van der Waals surface area contributed by atoms with Crippen LogP contribution in [0.25, 0.3) is 26.4 Å². The fourth-order valence-electron chi connectivity index (χ4n) is 5.76. The van der Waals surface area contributed by atoms with Gasteiger partial charge in [-0.3, -0.25) is 9.53 Å². The van der Waals surface area contributed by atoms with Crippen LogP contribution in [0.2, 0.25) is 25.7 Å². The van der Waals surface area contributed by atoms with Crippen molar-refractivity contribution >= 4 is 46.4 Å². The zero-order valence-electron chi connectivity index (χ0n) is 28.4. The van der Waals surface area contributed by atoms with Gasteiger partial charge in [0.1, 0.15) is 18.0 Å². The highest BCUT2D eigenvalue weighted by molar-refractivity contribution is 7.89. The molecule has 0 atom stereocenters. The number of piperidine rings is 1. The van der Waals surface area contributed by atoms with Gasteiger partial charge < -0.3 is 14.4 Å². The summed E-state index contributed by atoms with van der Waals surface area (Å²) in [5.41, 5.74) is -0.294. The highest BCUT2D eigenvalue weighted by Crippen LogP contribution is 2.47. The van der Waals surface area contributed by atoms with Crippen LogP contribution >= 0.6 is 11.3 Å². The van der Waals surface area contributed by atoms with E-state index in [4.69, 9.17) is 16.0 Å². The van der Waals surface area contributed by atoms with Gasteiger partial charge in [0, 0.05) is 40.2 Å². The molecule has 2 aromatic heterocycles. The van der Waals surface area contributed by atoms with E-state index in [1.807, 2.05) is 20.8 Å². The van der Waals surface area contributed by atoms with Crippen LogP contribution in [0.3, 0.4) is 0 Å². The molecule has 262 valence electrons. The second-order valence-corrected chi connectivity index (χ2v) is 23.2. The molecule has 12 nitrogen and oxygen atoms in total. The number of carbonyl (C=O) groups is 1. The minimum absolute atomic E-state index is 0.0452. The number of rotatable bonds is 11. The molecular weight excluding hydrogens is 681 g/mol. The molecule has 3 heterocycles. The maximum atomic E-state index is 14.6. The van der Waals surface area contributed by atoms with Crippen molar-refractivity contribution in [1.29, 1.82) is 0 Å². The number of fused-ring (bicyclic) bond motifs is 1. The summed E-state index contributed by atoms with van der Waals surface area (Å²) >= 11 is 0.702. The Kier molecular flexibility index (Phi) is 10.1. The zero-order valence-corrected chi connectivity index (χ0v) is 31.1. The highest BCUT2D eigenvalue weighted by Gasteiger charge is 2.61. The maximum Gasteiger partial charge on any atom is 0.410 e. The van der Waals surface area contributed by atoms with Crippen LogP contribution in [0, 0.1) is 6.57 Å². The Labute approximate surface area is 285 Å². The first kappa shape index (κ1) is 36.2. The van der Waals surface area contributed by atoms with Crippen LogP contribution in [-0.2, 0) is 26.5 Å². The molecule has 2 fully saturated rings. The smallest absolute Gasteiger partial charge is 0.410 e. The van der Waals surface area contributed by atoms with Crippen LogP contribution in [0.4, 0.5) is 13.6 Å². The van der Waals surface area contributed by atoms with Crippen LogP contribution < -0.4 is 0 Å². The van der Waals surface area contributed by atoms with Crippen molar-refractivity contribution in [3.8, 4) is 10.7 Å². The van der Waals surface area contributed by atoms with E-state index < -0.39 is 46.9 Å². The van der Waals surface area contributed by atoms with E-state index in [0.29, 0.717) is 73.2 Å². The van der Waals surface area contributed by atoms with Gasteiger partial charge in [0.2, 0.25) is 0 Å². The largest absolute Gasteiger partial charge is 0.444 e. The van der Waals surface area contributed by atoms with Gasteiger partial charge in [-0.15, -0.1) is 10.2 Å². The third kappa shape index (κ3) is 7.72. The number of likely N-dealkylation sites (tertiary alicyclic amines) is 1. The van der Waals surface area contributed by atoms with Crippen LogP contribution in [0.1, 0.15) is 69.4 Å². The number of aryl methyl sites for hydroxylation is 1. The van der Waals surface area contributed by atoms with Crippen molar-refractivity contribution in [2.75, 3.05) is 26.4 Å². The van der Waals surface area contributed by atoms with Gasteiger partial charge >= 0.3 is 11.8 Å². The van der Waals surface area contributed by atoms with Crippen molar-refractivity contribution in [1.82, 2.24) is 29.2 Å². The summed E-state index contributed by atoms with van der Waals surface area (Å²) in [6, 6.07) is 3.97. The number of alkyl halides is 2. The van der Waals surface area contributed by atoms with Crippen LogP contribution in [0.5, 0.6) is 0 Å². The standard InChI is InChI=1S/C31H43F2N7O5S2Si/c1-30(2,3)45-29(41)39-13-9-20(10-14-39)22-17-21(18-23-24(37-38(5)25(22)23)27-35-36-28(46-27)26(32)33)47(42,43)40(31(34-4)11-12-31)19-44-15-16-48(6,7)8/h17-18,20,26H,9-16,19H2,1-3,5-8H3. The lowest BCUT2D eigenvalue weighted by molar-refractivity contribution is 0.0205. The Bertz CT molecular complexity index is 1820. The molecule has 3 aromatic rings. The molecular formula is C31H43F2N7O5S2Si. The quantitative estimate of drug-likeness (QED) is 0.0911. The van der Waals surface area contributed by atoms with E-state index in [1.165, 1.54) is 10.4 Å². The summed E-state index contributed by atoms with van der Waals surface area (Å²) in [7, 11) is -4.03. The lowest BCUT2D eigenvalue weighted by Gasteiger charge is -2.34. The van der Waals surface area contributed by atoms with Crippen molar-refractivity contribution in [3.05, 3.63) is 34.1 Å². The van der Waals surface area contributed by atoms with Crippen LogP contribution in [0.15, 0.2) is 17.0 Å². The predicted octanol–water partition coefficient (Wildman–Crippen LogP) is 6.86. The molecule has 1 amide bonds. The van der Waals surface area contributed by atoms with Crippen molar-refractivity contribution in [2.24, 2.45) is 7.05 Å².